The molecule has 10 aromatic rings. The molecule has 0 saturated heterocycles. The maximum atomic E-state index is 15.8. The Hall–Kier alpha value is -9.10. The number of amides is 2. The molecule has 11 rings (SSSR count). The number of hydrogen-bond donors (Lipinski definition) is 0. The largest absolute Gasteiger partial charge is 0.307 e. The van der Waals surface area contributed by atoms with Gasteiger partial charge >= 0.3 is 0 Å². The molecule has 6 heteroatoms. The van der Waals surface area contributed by atoms with Crippen LogP contribution in [0.3, 0.4) is 0 Å². The summed E-state index contributed by atoms with van der Waals surface area (Å²) in [6.45, 7) is 0. The van der Waals surface area contributed by atoms with E-state index in [4.69, 9.17) is 0 Å². The molecule has 298 valence electrons. The van der Waals surface area contributed by atoms with Crippen molar-refractivity contribution in [1.82, 2.24) is 4.57 Å². The van der Waals surface area contributed by atoms with E-state index in [1.807, 2.05) is 164 Å². The Labute approximate surface area is 369 Å². The predicted molar refractivity (Wildman–Crippen MR) is 255 cm³/mol. The van der Waals surface area contributed by atoms with Crippen LogP contribution in [-0.2, 0) is 0 Å². The molecule has 6 nitrogen and oxygen atoms in total. The minimum absolute atomic E-state index is 0.253. The molecular weight excluding hydrogens is 785 g/mol. The van der Waals surface area contributed by atoms with E-state index >= 15 is 9.59 Å². The number of nitrogens with zero attached hydrogens (tertiary/aromatic N) is 4. The van der Waals surface area contributed by atoms with Gasteiger partial charge in [0.2, 0.25) is 0 Å². The van der Waals surface area contributed by atoms with Crippen molar-refractivity contribution in [1.29, 1.82) is 10.5 Å². The fourth-order valence-electron chi connectivity index (χ4n) is 9.43. The van der Waals surface area contributed by atoms with Gasteiger partial charge < -0.3 is 4.57 Å². The minimum Gasteiger partial charge on any atom is -0.307 e. The lowest BCUT2D eigenvalue weighted by Crippen LogP contribution is -2.30. The van der Waals surface area contributed by atoms with Gasteiger partial charge in [-0.2, -0.15) is 10.5 Å². The Morgan fingerprint density at radius 1 is 0.359 bits per heavy atom. The SMILES string of the molecule is N#Cc1ccccc1-c1cccc2c3cccc(-c4ccccc4C#N)c3n(-c3cccc4c3C(=O)N(c3c(-c5ccccc5)cc(-c5ccccc5)cc3-c3ccccc3)C4=O)c12. The summed E-state index contributed by atoms with van der Waals surface area (Å²) in [6, 6.07) is 71.2. The Kier molecular flexibility index (Phi) is 9.12. The number of fused-ring (bicyclic) bond motifs is 4. The quantitative estimate of drug-likeness (QED) is 0.150. The van der Waals surface area contributed by atoms with E-state index in [2.05, 4.69) is 41.0 Å². The molecule has 1 aromatic heterocycles. The summed E-state index contributed by atoms with van der Waals surface area (Å²) < 4.78 is 2.07. The van der Waals surface area contributed by atoms with Crippen LogP contribution in [0.25, 0.3) is 83.1 Å². The van der Waals surface area contributed by atoms with Crippen LogP contribution >= 0.6 is 0 Å². The number of rotatable bonds is 7. The first-order valence-corrected chi connectivity index (χ1v) is 21.0. The van der Waals surface area contributed by atoms with Gasteiger partial charge in [-0.15, -0.1) is 0 Å². The van der Waals surface area contributed by atoms with Gasteiger partial charge in [0.1, 0.15) is 0 Å². The molecule has 0 atom stereocenters. The van der Waals surface area contributed by atoms with Crippen LogP contribution in [0.4, 0.5) is 5.69 Å². The van der Waals surface area contributed by atoms with Crippen LogP contribution in [0.2, 0.25) is 0 Å². The summed E-state index contributed by atoms with van der Waals surface area (Å²) in [5, 5.41) is 22.5. The monoisotopic (exact) mass is 818 g/mol. The summed E-state index contributed by atoms with van der Waals surface area (Å²) in [4.78, 5) is 32.5. The summed E-state index contributed by atoms with van der Waals surface area (Å²) in [7, 11) is 0. The van der Waals surface area contributed by atoms with Crippen molar-refractivity contribution in [3.05, 3.63) is 229 Å². The number of benzene rings is 9. The lowest BCUT2D eigenvalue weighted by Gasteiger charge is -2.24. The number of aromatic nitrogens is 1. The van der Waals surface area contributed by atoms with E-state index in [0.717, 1.165) is 77.4 Å². The number of carbonyl (C=O) groups is 2. The standard InChI is InChI=1S/C58H34N4O2/c59-35-40-23-10-12-25-43(40)45-27-14-29-47-48-30-15-28-46(44-26-13-11-24-41(44)36-60)55(48)61(54(45)47)52-32-16-31-49-53(52)58(64)62(57(49)63)56-50(38-19-6-2-7-20-38)33-42(37-17-4-1-5-18-37)34-51(56)39-21-8-3-9-22-39/h1-34H. The van der Waals surface area contributed by atoms with E-state index in [-0.39, 0.29) is 11.1 Å². The molecule has 1 aliphatic heterocycles. The molecule has 0 radical (unpaired) electrons. The molecule has 0 fully saturated rings. The highest BCUT2D eigenvalue weighted by molar-refractivity contribution is 6.37. The Morgan fingerprint density at radius 2 is 0.781 bits per heavy atom. The normalized spacial score (nSPS) is 12.1. The van der Waals surface area contributed by atoms with Crippen molar-refractivity contribution in [2.45, 2.75) is 0 Å². The number of anilines is 1. The second kappa shape index (κ2) is 15.4. The number of carbonyl (C=O) groups excluding carboxylic acids is 2. The lowest BCUT2D eigenvalue weighted by atomic mass is 9.90. The predicted octanol–water partition coefficient (Wildman–Crippen LogP) is 13.7. The third-order valence-electron chi connectivity index (χ3n) is 12.2. The highest BCUT2D eigenvalue weighted by Crippen LogP contribution is 2.48. The van der Waals surface area contributed by atoms with Crippen LogP contribution < -0.4 is 4.90 Å². The Morgan fingerprint density at radius 3 is 1.28 bits per heavy atom. The molecular formula is C58H34N4O2. The molecule has 2 heterocycles. The lowest BCUT2D eigenvalue weighted by molar-refractivity contribution is 0.0926. The molecule has 0 saturated carbocycles. The van der Waals surface area contributed by atoms with Gasteiger partial charge in [-0.25, -0.2) is 4.90 Å². The van der Waals surface area contributed by atoms with Crippen LogP contribution in [0, 0.1) is 22.7 Å². The first kappa shape index (κ1) is 37.9. The zero-order chi connectivity index (χ0) is 43.3. The van der Waals surface area contributed by atoms with E-state index in [1.165, 1.54) is 4.90 Å². The zero-order valence-corrected chi connectivity index (χ0v) is 34.2. The molecule has 2 amide bonds. The Bertz CT molecular complexity index is 3440. The molecule has 9 aromatic carbocycles. The van der Waals surface area contributed by atoms with Crippen molar-refractivity contribution in [3.63, 3.8) is 0 Å². The fourth-order valence-corrected chi connectivity index (χ4v) is 9.43. The zero-order valence-electron chi connectivity index (χ0n) is 34.2. The van der Waals surface area contributed by atoms with Crippen molar-refractivity contribution >= 4 is 39.3 Å². The third-order valence-corrected chi connectivity index (χ3v) is 12.2. The second-order valence-electron chi connectivity index (χ2n) is 15.7. The highest BCUT2D eigenvalue weighted by atomic mass is 16.2. The maximum absolute atomic E-state index is 15.8. The number of imide groups is 1. The Balaban J connectivity index is 1.23. The molecule has 0 aliphatic carbocycles. The van der Waals surface area contributed by atoms with E-state index < -0.39 is 11.8 Å². The van der Waals surface area contributed by atoms with E-state index in [9.17, 15) is 10.5 Å². The van der Waals surface area contributed by atoms with Gasteiger partial charge in [-0.3, -0.25) is 9.59 Å². The van der Waals surface area contributed by atoms with Gasteiger partial charge in [0, 0.05) is 44.2 Å². The van der Waals surface area contributed by atoms with Gasteiger partial charge in [0.05, 0.1) is 56.8 Å². The second-order valence-corrected chi connectivity index (χ2v) is 15.7. The molecule has 0 bridgehead atoms. The van der Waals surface area contributed by atoms with Crippen molar-refractivity contribution in [3.8, 4) is 73.5 Å². The van der Waals surface area contributed by atoms with Gasteiger partial charge in [-0.05, 0) is 58.7 Å². The first-order valence-electron chi connectivity index (χ1n) is 21.0. The van der Waals surface area contributed by atoms with Crippen molar-refractivity contribution in [2.24, 2.45) is 0 Å². The third kappa shape index (κ3) is 5.94. The van der Waals surface area contributed by atoms with Crippen molar-refractivity contribution < 1.29 is 9.59 Å². The fraction of sp³-hybridized carbons (Fsp3) is 0. The van der Waals surface area contributed by atoms with Crippen LogP contribution in [0.1, 0.15) is 31.8 Å². The van der Waals surface area contributed by atoms with Crippen LogP contribution in [0.5, 0.6) is 0 Å². The van der Waals surface area contributed by atoms with Crippen LogP contribution in [0.15, 0.2) is 206 Å². The molecule has 0 unspecified atom stereocenters. The molecule has 0 spiro atoms. The molecule has 0 N–H and O–H groups in total. The molecule has 1 aliphatic rings. The average Bonchev–Trinajstić information content (AvgIpc) is 3.84. The van der Waals surface area contributed by atoms with E-state index in [1.54, 1.807) is 18.2 Å². The van der Waals surface area contributed by atoms with Gasteiger partial charge in [0.25, 0.3) is 11.8 Å². The molecule has 64 heavy (non-hydrogen) atoms. The first-order chi connectivity index (χ1) is 31.6. The topological polar surface area (TPSA) is 89.9 Å². The summed E-state index contributed by atoms with van der Waals surface area (Å²) in [6.07, 6.45) is 0. The number of nitriles is 2. The summed E-state index contributed by atoms with van der Waals surface area (Å²) in [5.41, 5.74) is 12.2. The minimum atomic E-state index is -0.461. The summed E-state index contributed by atoms with van der Waals surface area (Å²) >= 11 is 0. The number of para-hydroxylation sites is 2. The van der Waals surface area contributed by atoms with Crippen molar-refractivity contribution in [2.75, 3.05) is 4.90 Å². The summed E-state index contributed by atoms with van der Waals surface area (Å²) in [5.74, 6) is -0.897. The van der Waals surface area contributed by atoms with Gasteiger partial charge in [-0.1, -0.05) is 170 Å². The van der Waals surface area contributed by atoms with Gasteiger partial charge in [0.15, 0.2) is 0 Å². The maximum Gasteiger partial charge on any atom is 0.268 e. The smallest absolute Gasteiger partial charge is 0.268 e. The van der Waals surface area contributed by atoms with Crippen LogP contribution in [-0.4, -0.2) is 16.4 Å². The number of hydrogen-bond acceptors (Lipinski definition) is 4. The average molecular weight is 819 g/mol. The highest BCUT2D eigenvalue weighted by Gasteiger charge is 2.42. The van der Waals surface area contributed by atoms with E-state index in [0.29, 0.717) is 22.5 Å².